The minimum atomic E-state index is -0.545. The number of hydrogen-bond acceptors (Lipinski definition) is 5. The highest BCUT2D eigenvalue weighted by atomic mass is 35.5. The van der Waals surface area contributed by atoms with E-state index in [1.807, 2.05) is 6.07 Å². The van der Waals surface area contributed by atoms with Crippen molar-refractivity contribution in [1.29, 1.82) is 0 Å². The first-order valence-corrected chi connectivity index (χ1v) is 7.51. The number of nitrogens with zero attached hydrogens (tertiary/aromatic N) is 1. The van der Waals surface area contributed by atoms with Crippen molar-refractivity contribution in [2.45, 2.75) is 6.61 Å². The summed E-state index contributed by atoms with van der Waals surface area (Å²) in [4.78, 5) is 15.8. The monoisotopic (exact) mass is 405 g/mol. The van der Waals surface area contributed by atoms with Gasteiger partial charge in [-0.25, -0.2) is 4.39 Å². The molecular formula is C17H22Cl2FN3O3. The summed E-state index contributed by atoms with van der Waals surface area (Å²) in [5, 5.41) is 5.52. The Labute approximate surface area is 164 Å². The van der Waals surface area contributed by atoms with Crippen LogP contribution in [0.5, 0.6) is 5.75 Å². The molecule has 0 fully saturated rings. The minimum absolute atomic E-state index is 0. The Hall–Kier alpha value is -1.93. The van der Waals surface area contributed by atoms with Gasteiger partial charge in [-0.05, 0) is 24.3 Å². The molecule has 1 aromatic heterocycles. The highest BCUT2D eigenvalue weighted by Crippen LogP contribution is 2.21. The van der Waals surface area contributed by atoms with Gasteiger partial charge in [-0.15, -0.1) is 24.8 Å². The minimum Gasteiger partial charge on any atom is -0.484 e. The second-order valence-electron chi connectivity index (χ2n) is 4.97. The Bertz CT molecular complexity index is 663. The van der Waals surface area contributed by atoms with Crippen molar-refractivity contribution < 1.29 is 18.7 Å². The van der Waals surface area contributed by atoms with Crippen molar-refractivity contribution in [1.82, 2.24) is 10.3 Å². The number of nitrogens with one attached hydrogen (secondary N) is 2. The maximum absolute atomic E-state index is 14.0. The molecule has 2 aromatic rings. The number of carbonyl (C=O) groups excluding carboxylic acids is 1. The van der Waals surface area contributed by atoms with Crippen LogP contribution in [-0.2, 0) is 16.1 Å². The summed E-state index contributed by atoms with van der Waals surface area (Å²) >= 11 is 0. The molecule has 0 saturated heterocycles. The lowest BCUT2D eigenvalue weighted by molar-refractivity contribution is -0.115. The fourth-order valence-corrected chi connectivity index (χ4v) is 1.91. The van der Waals surface area contributed by atoms with Crippen LogP contribution in [0.15, 0.2) is 42.6 Å². The summed E-state index contributed by atoms with van der Waals surface area (Å²) in [6.07, 6.45) is 1.65. The van der Waals surface area contributed by atoms with Crippen LogP contribution < -0.4 is 15.4 Å². The van der Waals surface area contributed by atoms with E-state index in [9.17, 15) is 9.18 Å². The van der Waals surface area contributed by atoms with Gasteiger partial charge in [0.15, 0.2) is 11.6 Å². The van der Waals surface area contributed by atoms with Crippen molar-refractivity contribution in [3.05, 3.63) is 54.1 Å². The molecule has 1 heterocycles. The summed E-state index contributed by atoms with van der Waals surface area (Å²) in [7, 11) is 1.59. The number of amides is 1. The molecule has 1 amide bonds. The third-order valence-corrected chi connectivity index (χ3v) is 3.09. The largest absolute Gasteiger partial charge is 0.484 e. The number of hydrogen-bond donors (Lipinski definition) is 2. The number of carbonyl (C=O) groups is 1. The van der Waals surface area contributed by atoms with Crippen molar-refractivity contribution in [2.75, 3.05) is 32.1 Å². The van der Waals surface area contributed by atoms with E-state index in [0.717, 1.165) is 0 Å². The van der Waals surface area contributed by atoms with Crippen LogP contribution in [0.25, 0.3) is 0 Å². The smallest absolute Gasteiger partial charge is 0.238 e. The van der Waals surface area contributed by atoms with E-state index in [0.29, 0.717) is 24.5 Å². The van der Waals surface area contributed by atoms with Crippen molar-refractivity contribution >= 4 is 36.4 Å². The SMILES string of the molecule is COCCNCC(=O)Nc1ccc(OCc2ccccn2)c(F)c1.Cl.Cl. The lowest BCUT2D eigenvalue weighted by atomic mass is 10.3. The van der Waals surface area contributed by atoms with E-state index in [1.165, 1.54) is 12.1 Å². The number of methoxy groups -OCH3 is 1. The third kappa shape index (κ3) is 8.44. The Balaban J connectivity index is 0.00000312. The number of aromatic nitrogens is 1. The summed E-state index contributed by atoms with van der Waals surface area (Å²) in [6.45, 7) is 1.39. The Morgan fingerprint density at radius 3 is 2.69 bits per heavy atom. The van der Waals surface area contributed by atoms with Crippen molar-refractivity contribution in [2.24, 2.45) is 0 Å². The van der Waals surface area contributed by atoms with Crippen molar-refractivity contribution in [3.8, 4) is 5.75 Å². The molecule has 0 unspecified atom stereocenters. The van der Waals surface area contributed by atoms with Gasteiger partial charge in [-0.1, -0.05) is 6.07 Å². The summed E-state index contributed by atoms with van der Waals surface area (Å²) < 4.78 is 24.3. The fraction of sp³-hybridized carbons (Fsp3) is 0.294. The highest BCUT2D eigenvalue weighted by Gasteiger charge is 2.08. The predicted molar refractivity (Wildman–Crippen MR) is 103 cm³/mol. The molecule has 0 radical (unpaired) electrons. The third-order valence-electron chi connectivity index (χ3n) is 3.09. The number of anilines is 1. The van der Waals surface area contributed by atoms with Crippen LogP contribution in [0.4, 0.5) is 10.1 Å². The molecule has 1 aromatic carbocycles. The van der Waals surface area contributed by atoms with Crippen LogP contribution >= 0.6 is 24.8 Å². The van der Waals surface area contributed by atoms with Crippen LogP contribution in [0.2, 0.25) is 0 Å². The van der Waals surface area contributed by atoms with E-state index in [1.54, 1.807) is 31.5 Å². The second-order valence-corrected chi connectivity index (χ2v) is 4.97. The lowest BCUT2D eigenvalue weighted by Gasteiger charge is -2.10. The van der Waals surface area contributed by atoms with Gasteiger partial charge >= 0.3 is 0 Å². The van der Waals surface area contributed by atoms with E-state index >= 15 is 0 Å². The average molecular weight is 406 g/mol. The van der Waals surface area contributed by atoms with Crippen LogP contribution in [0, 0.1) is 5.82 Å². The van der Waals surface area contributed by atoms with Crippen LogP contribution in [0.1, 0.15) is 5.69 Å². The first kappa shape index (κ1) is 24.1. The molecule has 0 aliphatic rings. The number of rotatable bonds is 9. The molecule has 26 heavy (non-hydrogen) atoms. The number of benzene rings is 1. The Kier molecular flexibility index (Phi) is 12.3. The van der Waals surface area contributed by atoms with Crippen molar-refractivity contribution in [3.63, 3.8) is 0 Å². The molecule has 144 valence electrons. The molecule has 0 atom stereocenters. The highest BCUT2D eigenvalue weighted by molar-refractivity contribution is 5.92. The molecule has 9 heteroatoms. The molecular weight excluding hydrogens is 384 g/mol. The fourth-order valence-electron chi connectivity index (χ4n) is 1.91. The quantitative estimate of drug-likeness (QED) is 0.627. The average Bonchev–Trinajstić information content (AvgIpc) is 2.59. The summed E-state index contributed by atoms with van der Waals surface area (Å²) in [5.74, 6) is -0.694. The van der Waals surface area contributed by atoms with E-state index in [2.05, 4.69) is 15.6 Å². The summed E-state index contributed by atoms with van der Waals surface area (Å²) in [6, 6.07) is 9.72. The van der Waals surface area contributed by atoms with Gasteiger partial charge < -0.3 is 20.1 Å². The molecule has 0 spiro atoms. The van der Waals surface area contributed by atoms with Gasteiger partial charge in [0, 0.05) is 31.6 Å². The van der Waals surface area contributed by atoms with Gasteiger partial charge in [-0.3, -0.25) is 9.78 Å². The molecule has 6 nitrogen and oxygen atoms in total. The number of ether oxygens (including phenoxy) is 2. The normalized spacial score (nSPS) is 9.62. The predicted octanol–water partition coefficient (Wildman–Crippen LogP) is 2.82. The standard InChI is InChI=1S/C17H20FN3O3.2ClH/c1-23-9-8-19-11-17(22)21-13-5-6-16(15(18)10-13)24-12-14-4-2-3-7-20-14;;/h2-7,10,19H,8-9,11-12H2,1H3,(H,21,22);2*1H. The van der Waals surface area contributed by atoms with Gasteiger partial charge in [-0.2, -0.15) is 0 Å². The molecule has 2 N–H and O–H groups in total. The van der Waals surface area contributed by atoms with Gasteiger partial charge in [0.05, 0.1) is 18.8 Å². The Morgan fingerprint density at radius 2 is 2.04 bits per heavy atom. The molecule has 0 aliphatic heterocycles. The van der Waals surface area contributed by atoms with E-state index < -0.39 is 5.82 Å². The zero-order chi connectivity index (χ0) is 17.2. The first-order chi connectivity index (χ1) is 11.7. The molecule has 0 aliphatic carbocycles. The zero-order valence-corrected chi connectivity index (χ0v) is 15.9. The molecule has 0 saturated carbocycles. The lowest BCUT2D eigenvalue weighted by Crippen LogP contribution is -2.30. The second kappa shape index (κ2) is 13.3. The van der Waals surface area contributed by atoms with Crippen LogP contribution in [0.3, 0.4) is 0 Å². The summed E-state index contributed by atoms with van der Waals surface area (Å²) in [5.41, 5.74) is 1.08. The van der Waals surface area contributed by atoms with Gasteiger partial charge in [0.1, 0.15) is 6.61 Å². The number of pyridine rings is 1. The van der Waals surface area contributed by atoms with Gasteiger partial charge in [0.25, 0.3) is 0 Å². The molecule has 0 bridgehead atoms. The van der Waals surface area contributed by atoms with E-state index in [-0.39, 0.29) is 49.6 Å². The van der Waals surface area contributed by atoms with Crippen LogP contribution in [-0.4, -0.2) is 37.7 Å². The first-order valence-electron chi connectivity index (χ1n) is 7.51. The number of halogens is 3. The zero-order valence-electron chi connectivity index (χ0n) is 14.2. The van der Waals surface area contributed by atoms with E-state index in [4.69, 9.17) is 9.47 Å². The maximum atomic E-state index is 14.0. The molecule has 2 rings (SSSR count). The maximum Gasteiger partial charge on any atom is 0.238 e. The Morgan fingerprint density at radius 1 is 1.23 bits per heavy atom. The topological polar surface area (TPSA) is 72.5 Å². The van der Waals surface area contributed by atoms with Gasteiger partial charge in [0.2, 0.25) is 5.91 Å².